The third-order valence-electron chi connectivity index (χ3n) is 5.48. The molecule has 30 heavy (non-hydrogen) atoms. The summed E-state index contributed by atoms with van der Waals surface area (Å²) in [4.78, 5) is 17.6. The van der Waals surface area contributed by atoms with Crippen molar-refractivity contribution in [2.75, 3.05) is 32.8 Å². The number of ether oxygens (including phenoxy) is 1. The van der Waals surface area contributed by atoms with E-state index in [-0.39, 0.29) is 16.7 Å². The van der Waals surface area contributed by atoms with E-state index in [1.165, 1.54) is 12.1 Å². The van der Waals surface area contributed by atoms with Crippen LogP contribution in [0.15, 0.2) is 29.3 Å². The summed E-state index contributed by atoms with van der Waals surface area (Å²) in [5, 5.41) is 17.7. The maximum absolute atomic E-state index is 10.8. The molecular weight excluding hydrogens is 382 g/mol. The number of benzene rings is 1. The van der Waals surface area contributed by atoms with Gasteiger partial charge < -0.3 is 20.3 Å². The first-order valence-electron chi connectivity index (χ1n) is 11.1. The lowest BCUT2D eigenvalue weighted by molar-refractivity contribution is -0.384. The molecule has 2 atom stereocenters. The van der Waals surface area contributed by atoms with Crippen molar-refractivity contribution in [1.29, 1.82) is 0 Å². The number of nitro benzene ring substituents is 1. The van der Waals surface area contributed by atoms with Crippen LogP contribution in [0.3, 0.4) is 0 Å². The van der Waals surface area contributed by atoms with E-state index in [0.717, 1.165) is 70.0 Å². The van der Waals surface area contributed by atoms with E-state index >= 15 is 0 Å². The Morgan fingerprint density at radius 3 is 2.67 bits per heavy atom. The molecule has 8 nitrogen and oxygen atoms in total. The Labute approximate surface area is 180 Å². The smallest absolute Gasteiger partial charge is 0.269 e. The fourth-order valence-corrected chi connectivity index (χ4v) is 3.53. The van der Waals surface area contributed by atoms with Gasteiger partial charge in [0.25, 0.3) is 5.69 Å². The third-order valence-corrected chi connectivity index (χ3v) is 5.48. The number of nitrogens with zero attached hydrogens (tertiary/aromatic N) is 3. The van der Waals surface area contributed by atoms with Crippen LogP contribution in [0.4, 0.5) is 5.69 Å². The lowest BCUT2D eigenvalue weighted by Gasteiger charge is -2.22. The van der Waals surface area contributed by atoms with Gasteiger partial charge in [-0.2, -0.15) is 0 Å². The minimum atomic E-state index is -0.386. The second kappa shape index (κ2) is 13.2. The van der Waals surface area contributed by atoms with E-state index in [1.807, 2.05) is 0 Å². The van der Waals surface area contributed by atoms with Crippen molar-refractivity contribution in [3.05, 3.63) is 39.9 Å². The number of aliphatic imine (C=N–C) groups is 1. The normalized spacial score (nSPS) is 17.9. The second-order valence-electron chi connectivity index (χ2n) is 7.82. The van der Waals surface area contributed by atoms with Crippen molar-refractivity contribution < 1.29 is 9.66 Å². The largest absolute Gasteiger partial charge is 0.376 e. The number of nitro groups is 1. The van der Waals surface area contributed by atoms with Gasteiger partial charge in [0.2, 0.25) is 0 Å². The van der Waals surface area contributed by atoms with Gasteiger partial charge in [-0.15, -0.1) is 0 Å². The molecule has 8 heteroatoms. The van der Waals surface area contributed by atoms with Crippen molar-refractivity contribution in [3.63, 3.8) is 0 Å². The Hall–Kier alpha value is -2.19. The number of hydrogen-bond donors (Lipinski definition) is 2. The molecule has 1 heterocycles. The summed E-state index contributed by atoms with van der Waals surface area (Å²) in [5.41, 5.74) is 1.03. The maximum Gasteiger partial charge on any atom is 0.269 e. The Morgan fingerprint density at radius 1 is 1.33 bits per heavy atom. The average molecular weight is 420 g/mol. The van der Waals surface area contributed by atoms with Crippen LogP contribution in [0.25, 0.3) is 0 Å². The van der Waals surface area contributed by atoms with E-state index in [1.54, 1.807) is 12.1 Å². The summed E-state index contributed by atoms with van der Waals surface area (Å²) in [6, 6.07) is 6.86. The summed E-state index contributed by atoms with van der Waals surface area (Å²) >= 11 is 0. The zero-order valence-corrected chi connectivity index (χ0v) is 18.6. The molecule has 168 valence electrons. The molecule has 2 unspecified atom stereocenters. The monoisotopic (exact) mass is 419 g/mol. The first-order chi connectivity index (χ1) is 14.5. The Morgan fingerprint density at radius 2 is 2.07 bits per heavy atom. The minimum Gasteiger partial charge on any atom is -0.376 e. The van der Waals surface area contributed by atoms with Crippen LogP contribution in [0, 0.1) is 10.1 Å². The highest BCUT2D eigenvalue weighted by Gasteiger charge is 2.16. The van der Waals surface area contributed by atoms with Crippen LogP contribution >= 0.6 is 0 Å². The summed E-state index contributed by atoms with van der Waals surface area (Å²) in [6.07, 6.45) is 4.61. The van der Waals surface area contributed by atoms with Crippen molar-refractivity contribution in [2.45, 2.75) is 65.1 Å². The van der Waals surface area contributed by atoms with Gasteiger partial charge in [-0.05, 0) is 57.8 Å². The lowest BCUT2D eigenvalue weighted by atomic mass is 10.1. The summed E-state index contributed by atoms with van der Waals surface area (Å²) in [6.45, 7) is 11.9. The molecule has 0 bridgehead atoms. The quantitative estimate of drug-likeness (QED) is 0.234. The highest BCUT2D eigenvalue weighted by Crippen LogP contribution is 2.13. The molecule has 1 aliphatic heterocycles. The number of guanidine groups is 1. The van der Waals surface area contributed by atoms with Crippen LogP contribution in [-0.4, -0.2) is 60.7 Å². The molecule has 1 aromatic rings. The van der Waals surface area contributed by atoms with Crippen molar-refractivity contribution in [3.8, 4) is 0 Å². The molecule has 1 aromatic carbocycles. The van der Waals surface area contributed by atoms with E-state index in [2.05, 4.69) is 36.3 Å². The molecular formula is C22H37N5O3. The van der Waals surface area contributed by atoms with Gasteiger partial charge in [0.15, 0.2) is 5.96 Å². The van der Waals surface area contributed by atoms with Gasteiger partial charge in [-0.25, -0.2) is 4.99 Å². The van der Waals surface area contributed by atoms with E-state index in [9.17, 15) is 10.1 Å². The minimum absolute atomic E-state index is 0.0967. The summed E-state index contributed by atoms with van der Waals surface area (Å²) < 4.78 is 5.71. The van der Waals surface area contributed by atoms with Crippen molar-refractivity contribution in [1.82, 2.24) is 15.5 Å². The topological polar surface area (TPSA) is 92.0 Å². The van der Waals surface area contributed by atoms with Gasteiger partial charge in [0, 0.05) is 31.3 Å². The van der Waals surface area contributed by atoms with Crippen LogP contribution < -0.4 is 10.6 Å². The third kappa shape index (κ3) is 8.67. The second-order valence-corrected chi connectivity index (χ2v) is 7.82. The molecule has 0 radical (unpaired) electrons. The van der Waals surface area contributed by atoms with Gasteiger partial charge in [-0.1, -0.05) is 26.0 Å². The predicted molar refractivity (Wildman–Crippen MR) is 121 cm³/mol. The van der Waals surface area contributed by atoms with Gasteiger partial charge >= 0.3 is 0 Å². The summed E-state index contributed by atoms with van der Waals surface area (Å²) in [5.74, 6) is 0.763. The maximum atomic E-state index is 10.8. The molecule has 0 spiro atoms. The molecule has 0 aliphatic carbocycles. The lowest BCUT2D eigenvalue weighted by Crippen LogP contribution is -2.45. The first-order valence-corrected chi connectivity index (χ1v) is 11.1. The van der Waals surface area contributed by atoms with Gasteiger partial charge in [0.1, 0.15) is 0 Å². The molecule has 2 rings (SSSR count). The molecule has 1 fully saturated rings. The Bertz CT molecular complexity index is 655. The Balaban J connectivity index is 1.90. The van der Waals surface area contributed by atoms with E-state index < -0.39 is 0 Å². The van der Waals surface area contributed by atoms with Crippen molar-refractivity contribution in [2.24, 2.45) is 4.99 Å². The average Bonchev–Trinajstić information content (AvgIpc) is 3.27. The van der Waals surface area contributed by atoms with Crippen molar-refractivity contribution >= 4 is 11.6 Å². The number of hydrogen-bond acceptors (Lipinski definition) is 5. The fourth-order valence-electron chi connectivity index (χ4n) is 3.53. The SMILES string of the molecule is CCN(CC)CCCC(C)NC(=NCc1ccc([N+](=O)[O-])cc1)NCC1CCCO1. The number of rotatable bonds is 12. The molecule has 0 amide bonds. The highest BCUT2D eigenvalue weighted by atomic mass is 16.6. The molecule has 1 aliphatic rings. The predicted octanol–water partition coefficient (Wildman–Crippen LogP) is 3.32. The van der Waals surface area contributed by atoms with Crippen LogP contribution in [-0.2, 0) is 11.3 Å². The number of non-ortho nitro benzene ring substituents is 1. The van der Waals surface area contributed by atoms with Gasteiger partial charge in [-0.3, -0.25) is 10.1 Å². The van der Waals surface area contributed by atoms with Crippen LogP contribution in [0.5, 0.6) is 0 Å². The van der Waals surface area contributed by atoms with Crippen LogP contribution in [0.1, 0.15) is 52.0 Å². The van der Waals surface area contributed by atoms with E-state index in [4.69, 9.17) is 9.73 Å². The molecule has 2 N–H and O–H groups in total. The zero-order valence-electron chi connectivity index (χ0n) is 18.6. The van der Waals surface area contributed by atoms with Gasteiger partial charge in [0.05, 0.1) is 17.6 Å². The van der Waals surface area contributed by atoms with Crippen LogP contribution in [0.2, 0.25) is 0 Å². The molecule has 0 saturated carbocycles. The number of nitrogens with one attached hydrogen (secondary N) is 2. The first kappa shape index (κ1) is 24.1. The molecule has 1 saturated heterocycles. The van der Waals surface area contributed by atoms with E-state index in [0.29, 0.717) is 12.6 Å². The Kier molecular flexibility index (Phi) is 10.6. The molecule has 0 aromatic heterocycles. The standard InChI is InChI=1S/C22H37N5O3/c1-4-26(5-2)14-6-8-18(3)25-22(24-17-21-9-7-15-30-21)23-16-19-10-12-20(13-11-19)27(28)29/h10-13,18,21H,4-9,14-17H2,1-3H3,(H2,23,24,25). The zero-order chi connectivity index (χ0) is 21.8. The summed E-state index contributed by atoms with van der Waals surface area (Å²) in [7, 11) is 0. The fraction of sp³-hybridized carbons (Fsp3) is 0.682. The highest BCUT2D eigenvalue weighted by molar-refractivity contribution is 5.80.